The molecule has 6 N–H and O–H groups in total. The standard InChI is InChI=1S/C16H20BrN5O.C2H6O6S2/c17-11-6-19-15-13(14(11)22-5-1-2-10(18)8-22)12(7-20-15)21-16(23)9-3-4-9;1-2(9(3,4)5)10(6,7)8/h6-7,9-10H,1-5,8,18H2,(H,19,20)(H,21,23);2H,1H3,(H,3,4,5)(H,6,7,8). The first-order chi connectivity index (χ1) is 15.3. The number of nitrogens with one attached hydrogen (secondary N) is 2. The van der Waals surface area contributed by atoms with Gasteiger partial charge in [0, 0.05) is 37.4 Å². The van der Waals surface area contributed by atoms with Gasteiger partial charge in [-0.3, -0.25) is 13.9 Å². The Morgan fingerprint density at radius 3 is 2.42 bits per heavy atom. The summed E-state index contributed by atoms with van der Waals surface area (Å²) in [6, 6.07) is 0.183. The number of hydrogen-bond acceptors (Lipinski definition) is 8. The van der Waals surface area contributed by atoms with Gasteiger partial charge >= 0.3 is 0 Å². The van der Waals surface area contributed by atoms with E-state index in [1.165, 1.54) is 0 Å². The second-order valence-electron chi connectivity index (χ2n) is 8.09. The molecule has 0 spiro atoms. The third-order valence-electron chi connectivity index (χ3n) is 5.45. The molecule has 1 amide bonds. The number of nitrogens with zero attached hydrogens (tertiary/aromatic N) is 2. The van der Waals surface area contributed by atoms with Gasteiger partial charge in [0.15, 0.2) is 0 Å². The lowest BCUT2D eigenvalue weighted by molar-refractivity contribution is -0.117. The number of halogens is 1. The van der Waals surface area contributed by atoms with E-state index in [1.807, 2.05) is 6.20 Å². The lowest BCUT2D eigenvalue weighted by Crippen LogP contribution is -2.43. The maximum absolute atomic E-state index is 12.2. The van der Waals surface area contributed by atoms with Crippen LogP contribution in [0.4, 0.5) is 11.4 Å². The van der Waals surface area contributed by atoms with Gasteiger partial charge in [0.1, 0.15) is 5.65 Å². The number of carbonyl (C=O) groups excluding carboxylic acids is 1. The summed E-state index contributed by atoms with van der Waals surface area (Å²) in [7, 11) is -9.40. The summed E-state index contributed by atoms with van der Waals surface area (Å²) in [5, 5.41) is 4.02. The Labute approximate surface area is 199 Å². The van der Waals surface area contributed by atoms with E-state index in [0.717, 1.165) is 65.7 Å². The summed E-state index contributed by atoms with van der Waals surface area (Å²) < 4.78 is 54.8. The molecule has 33 heavy (non-hydrogen) atoms. The number of nitrogens with two attached hydrogens (primary N) is 1. The number of piperidine rings is 1. The maximum atomic E-state index is 12.2. The minimum atomic E-state index is -4.70. The molecule has 4 rings (SSSR count). The first-order valence-corrected chi connectivity index (χ1v) is 14.0. The van der Waals surface area contributed by atoms with Gasteiger partial charge in [-0.1, -0.05) is 0 Å². The largest absolute Gasteiger partial charge is 0.368 e. The van der Waals surface area contributed by atoms with E-state index in [1.54, 1.807) is 6.20 Å². The molecule has 2 aromatic heterocycles. The van der Waals surface area contributed by atoms with Crippen LogP contribution in [0.5, 0.6) is 0 Å². The van der Waals surface area contributed by atoms with Gasteiger partial charge in [-0.15, -0.1) is 0 Å². The molecule has 184 valence electrons. The smallest absolute Gasteiger partial charge is 0.284 e. The van der Waals surface area contributed by atoms with Crippen LogP contribution in [0.2, 0.25) is 0 Å². The van der Waals surface area contributed by atoms with E-state index in [2.05, 4.69) is 36.1 Å². The van der Waals surface area contributed by atoms with Crippen molar-refractivity contribution < 1.29 is 30.7 Å². The summed E-state index contributed by atoms with van der Waals surface area (Å²) in [6.45, 7) is 2.44. The molecule has 0 aromatic carbocycles. The number of amides is 1. The number of H-pyrrole nitrogens is 1. The second-order valence-corrected chi connectivity index (χ2v) is 12.7. The quantitative estimate of drug-likeness (QED) is 0.331. The molecule has 3 heterocycles. The van der Waals surface area contributed by atoms with Crippen LogP contribution in [0, 0.1) is 5.92 Å². The van der Waals surface area contributed by atoms with Gasteiger partial charge in [0.2, 0.25) is 10.5 Å². The van der Waals surface area contributed by atoms with Crippen molar-refractivity contribution in [3.63, 3.8) is 0 Å². The highest BCUT2D eigenvalue weighted by Gasteiger charge is 2.31. The van der Waals surface area contributed by atoms with Crippen molar-refractivity contribution in [2.45, 2.75) is 43.2 Å². The number of anilines is 2. The van der Waals surface area contributed by atoms with Crippen LogP contribution in [0.1, 0.15) is 32.6 Å². The molecule has 15 heteroatoms. The highest BCUT2D eigenvalue weighted by atomic mass is 79.9. The van der Waals surface area contributed by atoms with Gasteiger partial charge in [-0.05, 0) is 48.5 Å². The molecule has 1 unspecified atom stereocenters. The molecule has 2 aromatic rings. The zero-order valence-corrected chi connectivity index (χ0v) is 21.0. The van der Waals surface area contributed by atoms with Crippen LogP contribution in [-0.4, -0.2) is 65.5 Å². The molecule has 0 radical (unpaired) electrons. The Bertz CT molecular complexity index is 1210. The van der Waals surface area contributed by atoms with E-state index >= 15 is 0 Å². The van der Waals surface area contributed by atoms with Crippen LogP contribution in [0.25, 0.3) is 11.0 Å². The van der Waals surface area contributed by atoms with Gasteiger partial charge in [-0.25, -0.2) is 4.98 Å². The minimum absolute atomic E-state index is 0.104. The summed E-state index contributed by atoms with van der Waals surface area (Å²) in [5.41, 5.74) is 8.81. The van der Waals surface area contributed by atoms with E-state index in [4.69, 9.17) is 14.8 Å². The van der Waals surface area contributed by atoms with Crippen molar-refractivity contribution in [2.75, 3.05) is 23.3 Å². The van der Waals surface area contributed by atoms with Crippen molar-refractivity contribution in [3.8, 4) is 0 Å². The zero-order valence-electron chi connectivity index (χ0n) is 17.7. The normalized spacial score (nSPS) is 19.3. The molecular weight excluding hydrogens is 542 g/mol. The Balaban J connectivity index is 0.000000262. The van der Waals surface area contributed by atoms with Gasteiger partial charge < -0.3 is 20.9 Å². The summed E-state index contributed by atoms with van der Waals surface area (Å²) >= 11 is 3.63. The lowest BCUT2D eigenvalue weighted by atomic mass is 10.1. The number of carbonyl (C=O) groups is 1. The Morgan fingerprint density at radius 1 is 1.27 bits per heavy atom. The number of aromatic nitrogens is 2. The van der Waals surface area contributed by atoms with Crippen LogP contribution in [-0.2, 0) is 25.0 Å². The molecule has 1 saturated carbocycles. The van der Waals surface area contributed by atoms with Crippen molar-refractivity contribution in [2.24, 2.45) is 11.7 Å². The molecular formula is C18H26BrN5O7S2. The third kappa shape index (κ3) is 6.42. The number of hydrogen-bond donors (Lipinski definition) is 5. The first kappa shape index (κ1) is 25.8. The van der Waals surface area contributed by atoms with E-state index < -0.39 is 24.8 Å². The van der Waals surface area contributed by atoms with Crippen molar-refractivity contribution >= 4 is 64.5 Å². The maximum Gasteiger partial charge on any atom is 0.284 e. The fourth-order valence-corrected chi connectivity index (χ4v) is 5.19. The van der Waals surface area contributed by atoms with Crippen LogP contribution in [0.15, 0.2) is 16.9 Å². The average molecular weight is 568 g/mol. The Morgan fingerprint density at radius 2 is 1.91 bits per heavy atom. The second kappa shape index (κ2) is 9.84. The Kier molecular flexibility index (Phi) is 7.70. The molecule has 1 aliphatic carbocycles. The van der Waals surface area contributed by atoms with Crippen LogP contribution in [0.3, 0.4) is 0 Å². The predicted molar refractivity (Wildman–Crippen MR) is 127 cm³/mol. The third-order valence-corrected chi connectivity index (χ3v) is 9.17. The van der Waals surface area contributed by atoms with Crippen molar-refractivity contribution in [1.82, 2.24) is 9.97 Å². The average Bonchev–Trinajstić information content (AvgIpc) is 3.49. The predicted octanol–water partition coefficient (Wildman–Crippen LogP) is 1.71. The summed E-state index contributed by atoms with van der Waals surface area (Å²) in [5.74, 6) is 0.277. The van der Waals surface area contributed by atoms with E-state index in [9.17, 15) is 21.6 Å². The van der Waals surface area contributed by atoms with Crippen molar-refractivity contribution in [1.29, 1.82) is 0 Å². The molecule has 2 aliphatic rings. The highest BCUT2D eigenvalue weighted by molar-refractivity contribution is 9.10. The topological polar surface area (TPSA) is 196 Å². The van der Waals surface area contributed by atoms with E-state index in [0.29, 0.717) is 6.92 Å². The molecule has 1 aliphatic heterocycles. The SMILES string of the molecule is CC(S(=O)(=O)O)S(=O)(=O)O.NC1CCCN(c2c(Br)cnc3[nH]cc(NC(=O)C4CC4)c23)C1. The number of pyridine rings is 1. The molecule has 1 saturated heterocycles. The van der Waals surface area contributed by atoms with Crippen LogP contribution < -0.4 is 16.0 Å². The summed E-state index contributed by atoms with van der Waals surface area (Å²) in [6.07, 6.45) is 7.75. The zero-order chi connectivity index (χ0) is 24.6. The van der Waals surface area contributed by atoms with Crippen LogP contribution >= 0.6 is 15.9 Å². The monoisotopic (exact) mass is 567 g/mol. The molecule has 2 fully saturated rings. The summed E-state index contributed by atoms with van der Waals surface area (Å²) in [4.78, 5) is 22.0. The number of fused-ring (bicyclic) bond motifs is 1. The minimum Gasteiger partial charge on any atom is -0.368 e. The van der Waals surface area contributed by atoms with Gasteiger partial charge in [-0.2, -0.15) is 16.8 Å². The van der Waals surface area contributed by atoms with E-state index in [-0.39, 0.29) is 17.9 Å². The first-order valence-electron chi connectivity index (χ1n) is 10.2. The van der Waals surface area contributed by atoms with Gasteiger partial charge in [0.25, 0.3) is 20.2 Å². The van der Waals surface area contributed by atoms with Gasteiger partial charge in [0.05, 0.1) is 21.2 Å². The fraction of sp³-hybridized carbons (Fsp3) is 0.556. The molecule has 1 atom stereocenters. The molecule has 12 nitrogen and oxygen atoms in total. The fourth-order valence-electron chi connectivity index (χ4n) is 3.41. The molecule has 0 bridgehead atoms. The van der Waals surface area contributed by atoms with Crippen molar-refractivity contribution in [3.05, 3.63) is 16.9 Å². The number of rotatable bonds is 5. The lowest BCUT2D eigenvalue weighted by Gasteiger charge is -2.33. The highest BCUT2D eigenvalue weighted by Crippen LogP contribution is 2.39. The Hall–Kier alpha value is -1.78. The number of aromatic amines is 1.